The number of hydrogen-bond acceptors (Lipinski definition) is 13. The van der Waals surface area contributed by atoms with E-state index in [9.17, 15) is 26.3 Å². The van der Waals surface area contributed by atoms with Crippen LogP contribution in [-0.2, 0) is 28.4 Å². The van der Waals surface area contributed by atoms with Gasteiger partial charge in [-0.1, -0.05) is 47.1 Å². The van der Waals surface area contributed by atoms with E-state index < -0.39 is 0 Å². The van der Waals surface area contributed by atoms with E-state index in [1.165, 1.54) is 0 Å². The molecule has 1 unspecified atom stereocenters. The van der Waals surface area contributed by atoms with Crippen LogP contribution in [-0.4, -0.2) is 92.4 Å². The fourth-order valence-corrected chi connectivity index (χ4v) is 8.75. The van der Waals surface area contributed by atoms with E-state index in [0.29, 0.717) is 189 Å². The second-order valence-electron chi connectivity index (χ2n) is 19.6. The van der Waals surface area contributed by atoms with Crippen LogP contribution in [0.3, 0.4) is 0 Å². The molecular weight excluding hydrogens is 887 g/mol. The highest BCUT2D eigenvalue weighted by Crippen LogP contribution is 2.45. The summed E-state index contributed by atoms with van der Waals surface area (Å²) in [5.74, 6) is -0.177. The molecule has 0 heterocycles. The van der Waals surface area contributed by atoms with Crippen molar-refractivity contribution >= 4 is 0 Å². The molecule has 0 aromatic carbocycles. The van der Waals surface area contributed by atoms with Gasteiger partial charge in [0.2, 0.25) is 5.70 Å². The molecule has 17 heteroatoms. The van der Waals surface area contributed by atoms with Gasteiger partial charge in [0.15, 0.2) is 0 Å². The van der Waals surface area contributed by atoms with Gasteiger partial charge in [0, 0.05) is 48.2 Å². The average molecular weight is 952 g/mol. The number of nitriles is 5. The third-order valence-corrected chi connectivity index (χ3v) is 11.8. The highest BCUT2D eigenvalue weighted by atomic mass is 16.5. The lowest BCUT2D eigenvalue weighted by Crippen LogP contribution is -2.30. The standard InChI is InChI=1S/C53H65N11O6/c1-51(2)24-39(44(32-56)42(26-51)48(34-58)59-7)12-11-15-65-18-21-68-35-38(36-69-22-19-66-16-13-63-46-28-52(3,4)25-41(45(46)33-57)40(30-54)31-55)37-70-23-20-67-17-14-64-47-29-53(5,6)27-43(49(47)60-8)50(61-9)62-10/h38,63-64H,11-29,35-37H2,1-6H3/b48-42+. The number of ether oxygens (including phenoxy) is 6. The van der Waals surface area contributed by atoms with Crippen LogP contribution < -0.4 is 10.6 Å². The highest BCUT2D eigenvalue weighted by molar-refractivity contribution is 5.58. The Balaban J connectivity index is 1.48. The van der Waals surface area contributed by atoms with Gasteiger partial charge < -0.3 is 39.1 Å². The molecule has 1 atom stereocenters. The second-order valence-corrected chi connectivity index (χ2v) is 19.6. The zero-order chi connectivity index (χ0) is 51.6. The van der Waals surface area contributed by atoms with Crippen molar-refractivity contribution in [2.24, 2.45) is 22.2 Å². The van der Waals surface area contributed by atoms with E-state index >= 15 is 0 Å². The van der Waals surface area contributed by atoms with Crippen LogP contribution in [0.5, 0.6) is 0 Å². The summed E-state index contributed by atoms with van der Waals surface area (Å²) in [6.07, 6.45) is 4.70. The first-order valence-corrected chi connectivity index (χ1v) is 23.4. The van der Waals surface area contributed by atoms with Crippen molar-refractivity contribution in [3.8, 4) is 30.3 Å². The SMILES string of the molecule is [C-]#[N+]C([N+]#[C-])=C1CC(C)(C)CC(NCCOCCOCC(COCCOCCCC2=C(C#N)/C(=C(\C#N)[N+]#[C-])CC(C)(C)C2)COCCOCCNC2=C(C#N)C(=C(C#N)C#N)CC(C)(C)C2)=C1[N+]#[C-]. The predicted octanol–water partition coefficient (Wildman–Crippen LogP) is 8.94. The molecule has 3 aliphatic rings. The summed E-state index contributed by atoms with van der Waals surface area (Å²) >= 11 is 0. The number of nitrogens with one attached hydrogen (secondary N) is 2. The normalized spacial score (nSPS) is 18.0. The van der Waals surface area contributed by atoms with E-state index in [-0.39, 0.29) is 39.3 Å². The lowest BCUT2D eigenvalue weighted by Gasteiger charge is -2.33. The Bertz CT molecular complexity index is 2140. The van der Waals surface area contributed by atoms with E-state index in [1.807, 2.05) is 32.1 Å². The van der Waals surface area contributed by atoms with Gasteiger partial charge in [0.1, 0.15) is 36.9 Å². The number of rotatable bonds is 27. The molecule has 0 bridgehead atoms. The Kier molecular flexibility index (Phi) is 24.1. The molecule has 0 amide bonds. The molecule has 0 spiro atoms. The highest BCUT2D eigenvalue weighted by Gasteiger charge is 2.36. The summed E-state index contributed by atoms with van der Waals surface area (Å²) in [4.78, 5) is 13.8. The van der Waals surface area contributed by atoms with Crippen LogP contribution in [0.2, 0.25) is 0 Å². The molecule has 0 radical (unpaired) electrons. The minimum absolute atomic E-state index is 0.0184. The lowest BCUT2D eigenvalue weighted by molar-refractivity contribution is -0.0366. The van der Waals surface area contributed by atoms with Gasteiger partial charge in [0.25, 0.3) is 5.70 Å². The summed E-state index contributed by atoms with van der Waals surface area (Å²) in [6, 6.07) is 10.3. The minimum atomic E-state index is -0.234. The summed E-state index contributed by atoms with van der Waals surface area (Å²) in [5, 5.41) is 54.9. The van der Waals surface area contributed by atoms with Crippen LogP contribution in [0.1, 0.15) is 92.9 Å². The fraction of sp³-hybridized carbons (Fsp3) is 0.604. The van der Waals surface area contributed by atoms with Gasteiger partial charge in [-0.15, -0.1) is 0 Å². The molecule has 0 fully saturated rings. The van der Waals surface area contributed by atoms with Gasteiger partial charge in [-0.2, -0.15) is 30.7 Å². The lowest BCUT2D eigenvalue weighted by atomic mass is 9.70. The molecule has 368 valence electrons. The van der Waals surface area contributed by atoms with Crippen molar-refractivity contribution in [1.29, 1.82) is 26.3 Å². The Morgan fingerprint density at radius 1 is 0.543 bits per heavy atom. The molecule has 0 saturated carbocycles. The molecule has 0 aromatic heterocycles. The van der Waals surface area contributed by atoms with Crippen molar-refractivity contribution in [1.82, 2.24) is 10.6 Å². The molecule has 0 aromatic rings. The summed E-state index contributed by atoms with van der Waals surface area (Å²) in [6.45, 7) is 47.4. The Morgan fingerprint density at radius 3 is 1.50 bits per heavy atom. The second kappa shape index (κ2) is 29.3. The van der Waals surface area contributed by atoms with Crippen molar-refractivity contribution in [3.63, 3.8) is 0 Å². The fourth-order valence-electron chi connectivity index (χ4n) is 8.75. The monoisotopic (exact) mass is 952 g/mol. The van der Waals surface area contributed by atoms with Crippen LogP contribution in [0, 0.1) is 105 Å². The summed E-state index contributed by atoms with van der Waals surface area (Å²) in [7, 11) is 0. The Labute approximate surface area is 415 Å². The molecule has 17 nitrogen and oxygen atoms in total. The summed E-state index contributed by atoms with van der Waals surface area (Å²) < 4.78 is 35.4. The average Bonchev–Trinajstić information content (AvgIpc) is 3.31. The van der Waals surface area contributed by atoms with Crippen molar-refractivity contribution < 1.29 is 28.4 Å². The number of allylic oxidation sites excluding steroid dienone is 10. The summed E-state index contributed by atoms with van der Waals surface area (Å²) in [5.41, 5.74) is 4.34. The first kappa shape index (κ1) is 57.5. The van der Waals surface area contributed by atoms with Crippen molar-refractivity contribution in [2.45, 2.75) is 92.9 Å². The molecule has 0 saturated heterocycles. The van der Waals surface area contributed by atoms with Crippen LogP contribution >= 0.6 is 0 Å². The maximum absolute atomic E-state index is 9.93. The van der Waals surface area contributed by atoms with E-state index in [2.05, 4.69) is 69.8 Å². The van der Waals surface area contributed by atoms with Gasteiger partial charge in [0.05, 0.1) is 109 Å². The zero-order valence-electron chi connectivity index (χ0n) is 41.6. The molecule has 2 N–H and O–H groups in total. The molecule has 3 aliphatic carbocycles. The predicted molar refractivity (Wildman–Crippen MR) is 259 cm³/mol. The Morgan fingerprint density at radius 2 is 1.01 bits per heavy atom. The van der Waals surface area contributed by atoms with Crippen molar-refractivity contribution in [3.05, 3.63) is 113 Å². The largest absolute Gasteiger partial charge is 0.512 e. The maximum atomic E-state index is 9.93. The van der Waals surface area contributed by atoms with Crippen LogP contribution in [0.4, 0.5) is 0 Å². The van der Waals surface area contributed by atoms with E-state index in [4.69, 9.17) is 54.7 Å². The molecular formula is C53H65N11O6. The smallest absolute Gasteiger partial charge is 0.395 e. The molecule has 0 aliphatic heterocycles. The quantitative estimate of drug-likeness (QED) is 0.0447. The number of hydrogen-bond donors (Lipinski definition) is 2. The molecule has 70 heavy (non-hydrogen) atoms. The first-order chi connectivity index (χ1) is 33.6. The van der Waals surface area contributed by atoms with Gasteiger partial charge >= 0.3 is 5.82 Å². The van der Waals surface area contributed by atoms with Crippen LogP contribution in [0.15, 0.2) is 67.6 Å². The Hall–Kier alpha value is -6.79. The number of nitrogens with zero attached hydrogens (tertiary/aromatic N) is 9. The van der Waals surface area contributed by atoms with E-state index in [1.54, 1.807) is 0 Å². The van der Waals surface area contributed by atoms with Gasteiger partial charge in [-0.25, -0.2) is 15.0 Å². The third-order valence-electron chi connectivity index (χ3n) is 11.8. The van der Waals surface area contributed by atoms with Gasteiger partial charge in [-0.05, 0) is 73.2 Å². The van der Waals surface area contributed by atoms with Crippen molar-refractivity contribution in [2.75, 3.05) is 92.4 Å². The van der Waals surface area contributed by atoms with Gasteiger partial charge in [-0.3, -0.25) is 0 Å². The molecule has 3 rings (SSSR count). The topological polar surface area (TPSA) is 216 Å². The third kappa shape index (κ3) is 18.3. The van der Waals surface area contributed by atoms with Crippen LogP contribution in [0.25, 0.3) is 19.4 Å². The zero-order valence-corrected chi connectivity index (χ0v) is 41.6. The maximum Gasteiger partial charge on any atom is 0.512 e. The van der Waals surface area contributed by atoms with E-state index in [0.717, 1.165) is 5.57 Å². The minimum Gasteiger partial charge on any atom is -0.395 e. The first-order valence-electron chi connectivity index (χ1n) is 23.4.